The van der Waals surface area contributed by atoms with Crippen molar-refractivity contribution in [3.05, 3.63) is 17.0 Å². The van der Waals surface area contributed by atoms with Crippen molar-refractivity contribution in [3.63, 3.8) is 0 Å². The molecule has 0 amide bonds. The Balaban J connectivity index is 2.13. The van der Waals surface area contributed by atoms with Crippen molar-refractivity contribution >= 4 is 29.6 Å². The number of carbonyl (C=O) groups is 1. The zero-order valence-corrected chi connectivity index (χ0v) is 10.1. The molecule has 6 heteroatoms. The van der Waals surface area contributed by atoms with Crippen LogP contribution in [0.1, 0.15) is 23.2 Å². The van der Waals surface area contributed by atoms with Gasteiger partial charge in [0.2, 0.25) is 0 Å². The monoisotopic (exact) mass is 258 g/mol. The SMILES string of the molecule is O=Cc1c(Cl)ncnc1SC1CCOCC1. The maximum absolute atomic E-state index is 10.9. The average Bonchev–Trinajstić information content (AvgIpc) is 2.31. The molecule has 16 heavy (non-hydrogen) atoms. The van der Waals surface area contributed by atoms with Crippen LogP contribution >= 0.6 is 23.4 Å². The van der Waals surface area contributed by atoms with Crippen LogP contribution in [0, 0.1) is 0 Å². The summed E-state index contributed by atoms with van der Waals surface area (Å²) in [7, 11) is 0. The van der Waals surface area contributed by atoms with E-state index in [0.29, 0.717) is 22.1 Å². The summed E-state index contributed by atoms with van der Waals surface area (Å²) in [6.07, 6.45) is 4.05. The Kier molecular flexibility index (Phi) is 4.15. The minimum atomic E-state index is 0.222. The lowest BCUT2D eigenvalue weighted by molar-refractivity contribution is 0.1000. The Bertz CT molecular complexity index is 383. The van der Waals surface area contributed by atoms with E-state index in [2.05, 4.69) is 9.97 Å². The molecule has 86 valence electrons. The Hall–Kier alpha value is -0.650. The van der Waals surface area contributed by atoms with Crippen molar-refractivity contribution in [2.45, 2.75) is 23.1 Å². The molecule has 1 aromatic rings. The summed E-state index contributed by atoms with van der Waals surface area (Å²) in [5.74, 6) is 0. The Morgan fingerprint density at radius 3 is 2.88 bits per heavy atom. The summed E-state index contributed by atoms with van der Waals surface area (Å²) in [5.41, 5.74) is 0.389. The zero-order valence-electron chi connectivity index (χ0n) is 8.56. The predicted octanol–water partition coefficient (Wildman–Crippen LogP) is 2.21. The van der Waals surface area contributed by atoms with Gasteiger partial charge in [0.25, 0.3) is 0 Å². The first-order valence-corrected chi connectivity index (χ1v) is 6.27. The lowest BCUT2D eigenvalue weighted by Crippen LogP contribution is -2.17. The highest BCUT2D eigenvalue weighted by Gasteiger charge is 2.18. The second-order valence-electron chi connectivity index (χ2n) is 3.43. The second kappa shape index (κ2) is 5.61. The largest absolute Gasteiger partial charge is 0.381 e. The molecule has 1 fully saturated rings. The summed E-state index contributed by atoms with van der Waals surface area (Å²) < 4.78 is 5.28. The van der Waals surface area contributed by atoms with Crippen LogP contribution in [-0.4, -0.2) is 34.7 Å². The highest BCUT2D eigenvalue weighted by atomic mass is 35.5. The van der Waals surface area contributed by atoms with Crippen molar-refractivity contribution in [2.24, 2.45) is 0 Å². The number of thioether (sulfide) groups is 1. The molecule has 1 saturated heterocycles. The normalized spacial score (nSPS) is 17.3. The summed E-state index contributed by atoms with van der Waals surface area (Å²) >= 11 is 7.41. The first-order chi connectivity index (χ1) is 7.81. The Labute approximate surface area is 103 Å². The van der Waals surface area contributed by atoms with Crippen LogP contribution in [0.4, 0.5) is 0 Å². The fourth-order valence-corrected chi connectivity index (χ4v) is 2.86. The molecule has 4 nitrogen and oxygen atoms in total. The topological polar surface area (TPSA) is 52.1 Å². The molecule has 0 saturated carbocycles. The second-order valence-corrected chi connectivity index (χ2v) is 5.08. The van der Waals surface area contributed by atoms with E-state index in [1.54, 1.807) is 11.8 Å². The van der Waals surface area contributed by atoms with Gasteiger partial charge in [-0.15, -0.1) is 11.8 Å². The molecule has 1 aliphatic heterocycles. The van der Waals surface area contributed by atoms with Gasteiger partial charge in [0.15, 0.2) is 6.29 Å². The highest BCUT2D eigenvalue weighted by molar-refractivity contribution is 7.99. The van der Waals surface area contributed by atoms with E-state index in [9.17, 15) is 4.79 Å². The van der Waals surface area contributed by atoms with Crippen LogP contribution < -0.4 is 0 Å². The van der Waals surface area contributed by atoms with Crippen LogP contribution in [-0.2, 0) is 4.74 Å². The highest BCUT2D eigenvalue weighted by Crippen LogP contribution is 2.31. The van der Waals surface area contributed by atoms with E-state index < -0.39 is 0 Å². The minimum Gasteiger partial charge on any atom is -0.381 e. The number of ether oxygens (including phenoxy) is 1. The number of carbonyl (C=O) groups excluding carboxylic acids is 1. The van der Waals surface area contributed by atoms with Gasteiger partial charge < -0.3 is 4.74 Å². The van der Waals surface area contributed by atoms with Gasteiger partial charge in [-0.05, 0) is 12.8 Å². The molecule has 0 aliphatic carbocycles. The first-order valence-electron chi connectivity index (χ1n) is 5.01. The van der Waals surface area contributed by atoms with Gasteiger partial charge in [-0.3, -0.25) is 4.79 Å². The summed E-state index contributed by atoms with van der Waals surface area (Å²) in [4.78, 5) is 18.8. The summed E-state index contributed by atoms with van der Waals surface area (Å²) in [6, 6.07) is 0. The number of halogens is 1. The third-order valence-corrected chi connectivity index (χ3v) is 4.02. The number of rotatable bonds is 3. The van der Waals surface area contributed by atoms with E-state index in [-0.39, 0.29) is 5.15 Å². The maximum atomic E-state index is 10.9. The van der Waals surface area contributed by atoms with E-state index in [1.165, 1.54) is 6.33 Å². The van der Waals surface area contributed by atoms with Crippen molar-refractivity contribution < 1.29 is 9.53 Å². The predicted molar refractivity (Wildman–Crippen MR) is 62.1 cm³/mol. The third kappa shape index (κ3) is 2.72. The molecule has 0 radical (unpaired) electrons. The fraction of sp³-hybridized carbons (Fsp3) is 0.500. The quantitative estimate of drug-likeness (QED) is 0.615. The molecular formula is C10H11ClN2O2S. The summed E-state index contributed by atoms with van der Waals surface area (Å²) in [6.45, 7) is 1.54. The molecule has 0 aromatic carbocycles. The van der Waals surface area contributed by atoms with E-state index in [1.807, 2.05) is 0 Å². The molecule has 2 rings (SSSR count). The Morgan fingerprint density at radius 2 is 2.19 bits per heavy atom. The maximum Gasteiger partial charge on any atom is 0.155 e. The van der Waals surface area contributed by atoms with E-state index >= 15 is 0 Å². The van der Waals surface area contributed by atoms with Crippen molar-refractivity contribution in [3.8, 4) is 0 Å². The van der Waals surface area contributed by atoms with Crippen LogP contribution in [0.15, 0.2) is 11.4 Å². The van der Waals surface area contributed by atoms with Crippen LogP contribution in [0.3, 0.4) is 0 Å². The molecule has 0 unspecified atom stereocenters. The van der Waals surface area contributed by atoms with Gasteiger partial charge in [-0.1, -0.05) is 11.6 Å². The molecule has 0 N–H and O–H groups in total. The number of aromatic nitrogens is 2. The fourth-order valence-electron chi connectivity index (χ4n) is 1.50. The zero-order chi connectivity index (χ0) is 11.4. The minimum absolute atomic E-state index is 0.222. The van der Waals surface area contributed by atoms with E-state index in [0.717, 1.165) is 26.1 Å². The van der Waals surface area contributed by atoms with Crippen molar-refractivity contribution in [1.82, 2.24) is 9.97 Å². The van der Waals surface area contributed by atoms with Gasteiger partial charge >= 0.3 is 0 Å². The smallest absolute Gasteiger partial charge is 0.155 e. The van der Waals surface area contributed by atoms with Crippen molar-refractivity contribution in [1.29, 1.82) is 0 Å². The molecule has 2 heterocycles. The molecule has 0 bridgehead atoms. The third-order valence-electron chi connectivity index (χ3n) is 2.36. The molecule has 0 atom stereocenters. The average molecular weight is 259 g/mol. The van der Waals surface area contributed by atoms with Crippen LogP contribution in [0.2, 0.25) is 5.15 Å². The number of aldehydes is 1. The summed E-state index contributed by atoms with van der Waals surface area (Å²) in [5, 5.41) is 1.33. The first kappa shape index (κ1) is 11.8. The van der Waals surface area contributed by atoms with Crippen LogP contribution in [0.5, 0.6) is 0 Å². The van der Waals surface area contributed by atoms with Gasteiger partial charge in [0.05, 0.1) is 5.56 Å². The standard InChI is InChI=1S/C10H11ClN2O2S/c11-9-8(5-14)10(13-6-12-9)16-7-1-3-15-4-2-7/h5-7H,1-4H2. The van der Waals surface area contributed by atoms with Crippen LogP contribution in [0.25, 0.3) is 0 Å². The van der Waals surface area contributed by atoms with Crippen molar-refractivity contribution in [2.75, 3.05) is 13.2 Å². The molecule has 1 aromatic heterocycles. The number of hydrogen-bond donors (Lipinski definition) is 0. The van der Waals surface area contributed by atoms with Gasteiger partial charge in [0.1, 0.15) is 16.5 Å². The number of nitrogens with zero attached hydrogens (tertiary/aromatic N) is 2. The Morgan fingerprint density at radius 1 is 1.44 bits per heavy atom. The van der Waals surface area contributed by atoms with Gasteiger partial charge in [-0.2, -0.15) is 0 Å². The number of hydrogen-bond acceptors (Lipinski definition) is 5. The lowest BCUT2D eigenvalue weighted by atomic mass is 10.2. The van der Waals surface area contributed by atoms with Gasteiger partial charge in [0, 0.05) is 18.5 Å². The molecule has 0 spiro atoms. The van der Waals surface area contributed by atoms with E-state index in [4.69, 9.17) is 16.3 Å². The molecule has 1 aliphatic rings. The van der Waals surface area contributed by atoms with Gasteiger partial charge in [-0.25, -0.2) is 9.97 Å². The molecular weight excluding hydrogens is 248 g/mol. The lowest BCUT2D eigenvalue weighted by Gasteiger charge is -2.21.